The second-order valence-corrected chi connectivity index (χ2v) is 7.17. The highest BCUT2D eigenvalue weighted by Gasteiger charge is 2.20. The second kappa shape index (κ2) is 9.73. The molecule has 1 amide bonds. The summed E-state index contributed by atoms with van der Waals surface area (Å²) in [5.41, 5.74) is 1.27. The van der Waals surface area contributed by atoms with Gasteiger partial charge in [0, 0.05) is 18.2 Å². The lowest BCUT2D eigenvalue weighted by Crippen LogP contribution is -2.45. The highest BCUT2D eigenvalue weighted by atomic mass is 16.4. The SMILES string of the molecule is O=C(C[n+]1cccc(/C=N\O)c1)C[n+]1cccc(C(=O)NC2CCCCC2)c1. The van der Waals surface area contributed by atoms with Crippen LogP contribution in [0, 0.1) is 0 Å². The monoisotopic (exact) mass is 382 g/mol. The number of carbonyl (C=O) groups excluding carboxylic acids is 2. The van der Waals surface area contributed by atoms with Crippen LogP contribution in [-0.2, 0) is 17.9 Å². The summed E-state index contributed by atoms with van der Waals surface area (Å²) in [6.45, 7) is 0.370. The number of hydrogen-bond donors (Lipinski definition) is 2. The van der Waals surface area contributed by atoms with Gasteiger partial charge < -0.3 is 10.5 Å². The van der Waals surface area contributed by atoms with Gasteiger partial charge in [-0.2, -0.15) is 9.13 Å². The van der Waals surface area contributed by atoms with Gasteiger partial charge in [0.15, 0.2) is 24.8 Å². The summed E-state index contributed by atoms with van der Waals surface area (Å²) in [6.07, 6.45) is 14.0. The molecule has 7 nitrogen and oxygen atoms in total. The molecular weight excluding hydrogens is 356 g/mol. The number of nitrogens with one attached hydrogen (secondary N) is 1. The lowest BCUT2D eigenvalue weighted by molar-refractivity contribution is -0.702. The first kappa shape index (κ1) is 19.7. The molecule has 0 aliphatic heterocycles. The Morgan fingerprint density at radius 2 is 1.75 bits per heavy atom. The molecule has 0 unspecified atom stereocenters. The minimum Gasteiger partial charge on any atom is -0.411 e. The van der Waals surface area contributed by atoms with Gasteiger partial charge in [-0.1, -0.05) is 24.4 Å². The molecule has 0 spiro atoms. The van der Waals surface area contributed by atoms with Gasteiger partial charge in [-0.15, -0.1) is 0 Å². The fraction of sp³-hybridized carbons (Fsp3) is 0.381. The predicted octanol–water partition coefficient (Wildman–Crippen LogP) is 1.40. The lowest BCUT2D eigenvalue weighted by atomic mass is 9.95. The molecule has 146 valence electrons. The van der Waals surface area contributed by atoms with E-state index in [2.05, 4.69) is 10.5 Å². The molecule has 1 aliphatic carbocycles. The summed E-state index contributed by atoms with van der Waals surface area (Å²) in [5.74, 6) is -0.0861. The minimum atomic E-state index is -0.0842. The van der Waals surface area contributed by atoms with Gasteiger partial charge in [0.05, 0.1) is 11.8 Å². The molecule has 2 aromatic heterocycles. The van der Waals surface area contributed by atoms with Crippen LogP contribution in [0.3, 0.4) is 0 Å². The minimum absolute atomic E-state index is 0.00192. The number of amides is 1. The van der Waals surface area contributed by atoms with Gasteiger partial charge in [0.2, 0.25) is 13.1 Å². The average molecular weight is 382 g/mol. The van der Waals surface area contributed by atoms with Crippen molar-refractivity contribution in [3.05, 3.63) is 60.2 Å². The molecular formula is C21H26N4O3+2. The number of hydrogen-bond acceptors (Lipinski definition) is 4. The Labute approximate surface area is 164 Å². The van der Waals surface area contributed by atoms with Crippen LogP contribution in [-0.4, -0.2) is 29.2 Å². The third-order valence-electron chi connectivity index (χ3n) is 4.87. The standard InChI is InChI=1S/C21H24N4O3/c26-20(15-24-10-4-6-17(13-24)12-22-28)16-25-11-5-7-18(14-25)21(27)23-19-8-2-1-3-9-19/h4-7,10-14,19H,1-3,8-9,15-16H2/p+2/b22-12-. The number of ketones is 1. The van der Waals surface area contributed by atoms with E-state index >= 15 is 0 Å². The van der Waals surface area contributed by atoms with Crippen molar-refractivity contribution < 1.29 is 23.9 Å². The summed E-state index contributed by atoms with van der Waals surface area (Å²) in [7, 11) is 0. The highest BCUT2D eigenvalue weighted by molar-refractivity contribution is 5.93. The number of aromatic nitrogens is 2. The Morgan fingerprint density at radius 1 is 1.07 bits per heavy atom. The molecule has 1 aliphatic rings. The normalized spacial score (nSPS) is 14.9. The summed E-state index contributed by atoms with van der Waals surface area (Å²) in [5, 5.41) is 14.7. The summed E-state index contributed by atoms with van der Waals surface area (Å²) in [6, 6.07) is 7.38. The van der Waals surface area contributed by atoms with Crippen molar-refractivity contribution >= 4 is 17.9 Å². The molecule has 0 radical (unpaired) electrons. The first-order valence-electron chi connectivity index (χ1n) is 9.62. The summed E-state index contributed by atoms with van der Waals surface area (Å²) < 4.78 is 3.47. The Hall–Kier alpha value is -3.09. The van der Waals surface area contributed by atoms with E-state index in [4.69, 9.17) is 5.21 Å². The maximum absolute atomic E-state index is 12.5. The highest BCUT2D eigenvalue weighted by Crippen LogP contribution is 2.17. The Kier molecular flexibility index (Phi) is 6.84. The molecule has 0 aromatic carbocycles. The molecule has 2 N–H and O–H groups in total. The molecule has 7 heteroatoms. The van der Waals surface area contributed by atoms with E-state index in [1.54, 1.807) is 58.2 Å². The van der Waals surface area contributed by atoms with Gasteiger partial charge >= 0.3 is 0 Å². The molecule has 28 heavy (non-hydrogen) atoms. The van der Waals surface area contributed by atoms with Crippen molar-refractivity contribution in [2.24, 2.45) is 5.16 Å². The van der Waals surface area contributed by atoms with Crippen molar-refractivity contribution in [2.45, 2.75) is 51.2 Å². The largest absolute Gasteiger partial charge is 0.411 e. The Morgan fingerprint density at radius 3 is 2.46 bits per heavy atom. The molecule has 0 bridgehead atoms. The topological polar surface area (TPSA) is 86.5 Å². The quantitative estimate of drug-likeness (QED) is 0.328. The Balaban J connectivity index is 1.59. The number of rotatable bonds is 7. The van der Waals surface area contributed by atoms with Crippen LogP contribution < -0.4 is 14.5 Å². The maximum Gasteiger partial charge on any atom is 0.261 e. The number of Topliss-reactive ketones (excluding diaryl/α,β-unsaturated/α-hetero) is 1. The van der Waals surface area contributed by atoms with Crippen LogP contribution in [0.1, 0.15) is 48.0 Å². The summed E-state index contributed by atoms with van der Waals surface area (Å²) in [4.78, 5) is 24.9. The zero-order valence-electron chi connectivity index (χ0n) is 15.8. The third kappa shape index (κ3) is 5.70. The number of pyridine rings is 2. The number of nitrogens with zero attached hydrogens (tertiary/aromatic N) is 3. The molecule has 2 aromatic rings. The first-order valence-corrected chi connectivity index (χ1v) is 9.62. The third-order valence-corrected chi connectivity index (χ3v) is 4.87. The zero-order chi connectivity index (χ0) is 19.8. The van der Waals surface area contributed by atoms with E-state index < -0.39 is 0 Å². The van der Waals surface area contributed by atoms with Crippen LogP contribution in [0.4, 0.5) is 0 Å². The van der Waals surface area contributed by atoms with Crippen LogP contribution >= 0.6 is 0 Å². The lowest BCUT2D eigenvalue weighted by Gasteiger charge is -2.22. The van der Waals surface area contributed by atoms with Gasteiger partial charge in [0.1, 0.15) is 5.56 Å². The fourth-order valence-electron chi connectivity index (χ4n) is 3.51. The zero-order valence-corrected chi connectivity index (χ0v) is 15.8. The number of oxime groups is 1. The second-order valence-electron chi connectivity index (χ2n) is 7.17. The van der Waals surface area contributed by atoms with E-state index in [0.717, 1.165) is 25.7 Å². The molecule has 3 rings (SSSR count). The summed E-state index contributed by atoms with van der Waals surface area (Å²) >= 11 is 0. The van der Waals surface area contributed by atoms with Crippen LogP contribution in [0.5, 0.6) is 0 Å². The van der Waals surface area contributed by atoms with Crippen LogP contribution in [0.2, 0.25) is 0 Å². The van der Waals surface area contributed by atoms with Crippen molar-refractivity contribution in [1.82, 2.24) is 5.32 Å². The Bertz CT molecular complexity index is 860. The van der Waals surface area contributed by atoms with Crippen molar-refractivity contribution in [3.63, 3.8) is 0 Å². The van der Waals surface area contributed by atoms with Crippen LogP contribution in [0.15, 0.2) is 54.2 Å². The van der Waals surface area contributed by atoms with Gasteiger partial charge in [-0.05, 0) is 25.0 Å². The predicted molar refractivity (Wildman–Crippen MR) is 102 cm³/mol. The van der Waals surface area contributed by atoms with E-state index in [1.165, 1.54) is 12.6 Å². The smallest absolute Gasteiger partial charge is 0.261 e. The molecule has 2 heterocycles. The number of carbonyl (C=O) groups is 2. The van der Waals surface area contributed by atoms with E-state index in [0.29, 0.717) is 11.1 Å². The van der Waals surface area contributed by atoms with Crippen LogP contribution in [0.25, 0.3) is 0 Å². The molecule has 0 saturated heterocycles. The van der Waals surface area contributed by atoms with Crippen molar-refractivity contribution in [2.75, 3.05) is 0 Å². The molecule has 0 atom stereocenters. The van der Waals surface area contributed by atoms with Gasteiger partial charge in [-0.3, -0.25) is 9.59 Å². The van der Waals surface area contributed by atoms with E-state index in [-0.39, 0.29) is 30.8 Å². The van der Waals surface area contributed by atoms with Crippen molar-refractivity contribution in [1.29, 1.82) is 0 Å². The molecule has 1 saturated carbocycles. The van der Waals surface area contributed by atoms with Gasteiger partial charge in [-0.25, -0.2) is 0 Å². The molecule has 1 fully saturated rings. The maximum atomic E-state index is 12.5. The average Bonchev–Trinajstić information content (AvgIpc) is 2.69. The van der Waals surface area contributed by atoms with Gasteiger partial charge in [0.25, 0.3) is 11.7 Å². The van der Waals surface area contributed by atoms with E-state index in [9.17, 15) is 9.59 Å². The first-order chi connectivity index (χ1) is 13.6. The van der Waals surface area contributed by atoms with E-state index in [1.807, 2.05) is 0 Å². The fourth-order valence-corrected chi connectivity index (χ4v) is 3.51. The van der Waals surface area contributed by atoms with Crippen molar-refractivity contribution in [3.8, 4) is 0 Å².